The summed E-state index contributed by atoms with van der Waals surface area (Å²) < 4.78 is 15.3. The zero-order chi connectivity index (χ0) is 17.8. The van der Waals surface area contributed by atoms with Gasteiger partial charge in [0, 0.05) is 31.0 Å². The molecule has 128 valence electrons. The van der Waals surface area contributed by atoms with Gasteiger partial charge < -0.3 is 4.90 Å². The summed E-state index contributed by atoms with van der Waals surface area (Å²) in [6.45, 7) is 2.45. The minimum atomic E-state index is -0.444. The molecular weight excluding hydrogens is 321 g/mol. The van der Waals surface area contributed by atoms with Gasteiger partial charge in [-0.25, -0.2) is 9.37 Å². The van der Waals surface area contributed by atoms with Crippen LogP contribution in [0.5, 0.6) is 0 Å². The van der Waals surface area contributed by atoms with E-state index in [0.717, 1.165) is 0 Å². The second-order valence-corrected chi connectivity index (χ2v) is 5.72. The summed E-state index contributed by atoms with van der Waals surface area (Å²) in [6.07, 6.45) is 3.56. The van der Waals surface area contributed by atoms with Crippen LogP contribution in [0.3, 0.4) is 0 Å². The van der Waals surface area contributed by atoms with Gasteiger partial charge in [-0.05, 0) is 24.6 Å². The maximum Gasteiger partial charge on any atom is 0.270 e. The van der Waals surface area contributed by atoms with Crippen LogP contribution in [-0.2, 0) is 6.54 Å². The highest BCUT2D eigenvalue weighted by Crippen LogP contribution is 2.12. The lowest BCUT2D eigenvalue weighted by atomic mass is 10.1. The molecule has 2 heterocycles. The zero-order valence-corrected chi connectivity index (χ0v) is 13.9. The van der Waals surface area contributed by atoms with E-state index in [9.17, 15) is 14.0 Å². The average molecular weight is 339 g/mol. The molecule has 0 aliphatic heterocycles. The second-order valence-electron chi connectivity index (χ2n) is 5.72. The monoisotopic (exact) mass is 339 g/mol. The average Bonchev–Trinajstić information content (AvgIpc) is 2.63. The maximum atomic E-state index is 13.9. The second kappa shape index (κ2) is 7.25. The van der Waals surface area contributed by atoms with E-state index < -0.39 is 11.5 Å². The Kier molecular flexibility index (Phi) is 4.88. The minimum absolute atomic E-state index is 0.0199. The number of amides is 1. The third-order valence-corrected chi connectivity index (χ3v) is 3.94. The molecule has 5 nitrogen and oxygen atoms in total. The van der Waals surface area contributed by atoms with Crippen molar-refractivity contribution in [1.29, 1.82) is 0 Å². The van der Waals surface area contributed by atoms with Gasteiger partial charge in [-0.15, -0.1) is 0 Å². The molecule has 0 radical (unpaired) electrons. The third kappa shape index (κ3) is 3.42. The Morgan fingerprint density at radius 1 is 1.20 bits per heavy atom. The van der Waals surface area contributed by atoms with E-state index in [2.05, 4.69) is 4.98 Å². The molecule has 0 aliphatic carbocycles. The standard InChI is InChI=1S/C19H18FN3O2/c1-2-10-22(13-14-7-3-4-8-16(14)20)18(24)15-12-21-17-9-5-6-11-23(17)19(15)25/h3-9,11-12H,2,10,13H2,1H3. The first-order valence-electron chi connectivity index (χ1n) is 8.11. The summed E-state index contributed by atoms with van der Waals surface area (Å²) in [5.74, 6) is -0.814. The molecule has 0 N–H and O–H groups in total. The summed E-state index contributed by atoms with van der Waals surface area (Å²) >= 11 is 0. The van der Waals surface area contributed by atoms with Crippen molar-refractivity contribution in [2.45, 2.75) is 19.9 Å². The largest absolute Gasteiger partial charge is 0.334 e. The Morgan fingerprint density at radius 3 is 2.72 bits per heavy atom. The lowest BCUT2D eigenvalue weighted by molar-refractivity contribution is 0.0739. The van der Waals surface area contributed by atoms with Crippen LogP contribution < -0.4 is 5.56 Å². The highest BCUT2D eigenvalue weighted by molar-refractivity contribution is 5.93. The molecule has 0 saturated carbocycles. The highest BCUT2D eigenvalue weighted by Gasteiger charge is 2.21. The zero-order valence-electron chi connectivity index (χ0n) is 13.9. The van der Waals surface area contributed by atoms with Gasteiger partial charge in [-0.1, -0.05) is 31.2 Å². The van der Waals surface area contributed by atoms with Crippen LogP contribution in [0.15, 0.2) is 59.7 Å². The number of pyridine rings is 1. The Bertz CT molecular complexity index is 968. The number of fused-ring (bicyclic) bond motifs is 1. The topological polar surface area (TPSA) is 54.7 Å². The van der Waals surface area contributed by atoms with Gasteiger partial charge in [0.25, 0.3) is 11.5 Å². The van der Waals surface area contributed by atoms with Gasteiger partial charge in [-0.2, -0.15) is 0 Å². The maximum absolute atomic E-state index is 13.9. The SMILES string of the molecule is CCCN(Cc1ccccc1F)C(=O)c1cnc2ccccn2c1=O. The molecule has 0 bridgehead atoms. The highest BCUT2D eigenvalue weighted by atomic mass is 19.1. The van der Waals surface area contributed by atoms with E-state index in [0.29, 0.717) is 24.2 Å². The molecule has 0 atom stereocenters. The molecule has 6 heteroatoms. The fraction of sp³-hybridized carbons (Fsp3) is 0.211. The molecule has 0 spiro atoms. The fourth-order valence-electron chi connectivity index (χ4n) is 2.70. The van der Waals surface area contributed by atoms with E-state index in [1.165, 1.54) is 21.6 Å². The molecule has 0 aliphatic rings. The Balaban J connectivity index is 1.97. The number of carbonyl (C=O) groups excluding carboxylic acids is 1. The number of rotatable bonds is 5. The van der Waals surface area contributed by atoms with Crippen molar-refractivity contribution in [2.24, 2.45) is 0 Å². The van der Waals surface area contributed by atoms with Gasteiger partial charge in [0.2, 0.25) is 0 Å². The van der Waals surface area contributed by atoms with Crippen LogP contribution in [0.1, 0.15) is 29.3 Å². The van der Waals surface area contributed by atoms with E-state index >= 15 is 0 Å². The van der Waals surface area contributed by atoms with E-state index in [-0.39, 0.29) is 17.9 Å². The Hall–Kier alpha value is -3.02. The number of nitrogens with zero attached hydrogens (tertiary/aromatic N) is 3. The first-order chi connectivity index (χ1) is 12.1. The van der Waals surface area contributed by atoms with Crippen LogP contribution in [0.25, 0.3) is 5.65 Å². The number of benzene rings is 1. The van der Waals surface area contributed by atoms with Crippen molar-refractivity contribution < 1.29 is 9.18 Å². The molecule has 25 heavy (non-hydrogen) atoms. The van der Waals surface area contributed by atoms with Crippen LogP contribution in [-0.4, -0.2) is 26.7 Å². The molecule has 3 aromatic rings. The quantitative estimate of drug-likeness (QED) is 0.718. The summed E-state index contributed by atoms with van der Waals surface area (Å²) in [7, 11) is 0. The van der Waals surface area contributed by atoms with Crippen LogP contribution in [0.4, 0.5) is 4.39 Å². The molecule has 0 saturated heterocycles. The van der Waals surface area contributed by atoms with Crippen LogP contribution >= 0.6 is 0 Å². The first kappa shape index (κ1) is 16.8. The summed E-state index contributed by atoms with van der Waals surface area (Å²) in [5, 5.41) is 0. The number of carbonyl (C=O) groups is 1. The molecule has 0 fully saturated rings. The summed E-state index contributed by atoms with van der Waals surface area (Å²) in [4.78, 5) is 31.1. The summed E-state index contributed by atoms with van der Waals surface area (Å²) in [6, 6.07) is 11.5. The van der Waals surface area contributed by atoms with Gasteiger partial charge >= 0.3 is 0 Å². The third-order valence-electron chi connectivity index (χ3n) is 3.94. The fourth-order valence-corrected chi connectivity index (χ4v) is 2.70. The lowest BCUT2D eigenvalue weighted by Crippen LogP contribution is -2.36. The number of hydrogen-bond acceptors (Lipinski definition) is 3. The van der Waals surface area contributed by atoms with Gasteiger partial charge in [-0.3, -0.25) is 14.0 Å². The lowest BCUT2D eigenvalue weighted by Gasteiger charge is -2.22. The van der Waals surface area contributed by atoms with Crippen molar-refractivity contribution >= 4 is 11.6 Å². The summed E-state index contributed by atoms with van der Waals surface area (Å²) in [5.41, 5.74) is 0.442. The van der Waals surface area contributed by atoms with Crippen molar-refractivity contribution in [3.05, 3.63) is 82.2 Å². The molecule has 1 amide bonds. The van der Waals surface area contributed by atoms with E-state index in [1.54, 1.807) is 42.6 Å². The van der Waals surface area contributed by atoms with Crippen LogP contribution in [0.2, 0.25) is 0 Å². The van der Waals surface area contributed by atoms with Gasteiger partial charge in [0.15, 0.2) is 0 Å². The smallest absolute Gasteiger partial charge is 0.270 e. The number of hydrogen-bond donors (Lipinski definition) is 0. The predicted molar refractivity (Wildman–Crippen MR) is 92.9 cm³/mol. The molecule has 3 rings (SSSR count). The van der Waals surface area contributed by atoms with Crippen molar-refractivity contribution in [3.63, 3.8) is 0 Å². The minimum Gasteiger partial charge on any atom is -0.334 e. The van der Waals surface area contributed by atoms with Crippen molar-refractivity contribution in [3.8, 4) is 0 Å². The van der Waals surface area contributed by atoms with Crippen LogP contribution in [0, 0.1) is 5.82 Å². The van der Waals surface area contributed by atoms with E-state index in [1.807, 2.05) is 6.92 Å². The molecule has 1 aromatic carbocycles. The normalized spacial score (nSPS) is 10.8. The molecule has 0 unspecified atom stereocenters. The Morgan fingerprint density at radius 2 is 1.96 bits per heavy atom. The van der Waals surface area contributed by atoms with E-state index in [4.69, 9.17) is 0 Å². The predicted octanol–water partition coefficient (Wildman–Crippen LogP) is 2.89. The van der Waals surface area contributed by atoms with Gasteiger partial charge in [0.05, 0.1) is 0 Å². The van der Waals surface area contributed by atoms with Crippen molar-refractivity contribution in [2.75, 3.05) is 6.54 Å². The molecule has 2 aromatic heterocycles. The van der Waals surface area contributed by atoms with Gasteiger partial charge in [0.1, 0.15) is 17.0 Å². The number of aromatic nitrogens is 2. The Labute approximate surface area is 144 Å². The number of halogens is 1. The molecular formula is C19H18FN3O2. The first-order valence-corrected chi connectivity index (χ1v) is 8.11. The van der Waals surface area contributed by atoms with Crippen molar-refractivity contribution in [1.82, 2.24) is 14.3 Å².